The fourth-order valence-corrected chi connectivity index (χ4v) is 1.26. The second-order valence-electron chi connectivity index (χ2n) is 3.22. The second kappa shape index (κ2) is 5.83. The van der Waals surface area contributed by atoms with Crippen LogP contribution in [0.1, 0.15) is 10.4 Å². The number of anilines is 1. The van der Waals surface area contributed by atoms with Gasteiger partial charge in [-0.3, -0.25) is 9.59 Å². The molecule has 0 aliphatic heterocycles. The minimum absolute atomic E-state index is 0.174. The summed E-state index contributed by atoms with van der Waals surface area (Å²) in [5.74, 6) is -2.59. The molecular weight excluding hydrogens is 260 g/mol. The summed E-state index contributed by atoms with van der Waals surface area (Å²) < 4.78 is 0. The van der Waals surface area contributed by atoms with E-state index in [1.54, 1.807) is 0 Å². The number of carbonyl (C=O) groups excluding carboxylic acids is 2. The summed E-state index contributed by atoms with van der Waals surface area (Å²) in [7, 11) is 0. The van der Waals surface area contributed by atoms with Crippen molar-refractivity contribution in [2.75, 3.05) is 5.32 Å². The number of halogens is 1. The number of hydrogen-bond acceptors (Lipinski definition) is 3. The van der Waals surface area contributed by atoms with Gasteiger partial charge in [0.25, 0.3) is 0 Å². The number of rotatable bonds is 4. The van der Waals surface area contributed by atoms with Crippen LogP contribution in [0.3, 0.4) is 0 Å². The Morgan fingerprint density at radius 1 is 1.28 bits per heavy atom. The highest BCUT2D eigenvalue weighted by atomic mass is 35.5. The van der Waals surface area contributed by atoms with E-state index in [2.05, 4.69) is 5.32 Å². The van der Waals surface area contributed by atoms with Gasteiger partial charge in [0.15, 0.2) is 0 Å². The molecule has 0 bridgehead atoms. The van der Waals surface area contributed by atoms with Gasteiger partial charge in [0.2, 0.25) is 11.8 Å². The van der Waals surface area contributed by atoms with Gasteiger partial charge in [-0.15, -0.1) is 0 Å². The molecule has 0 radical (unpaired) electrons. The first-order chi connectivity index (χ1) is 8.40. The molecule has 18 heavy (non-hydrogen) atoms. The molecule has 2 amide bonds. The van der Waals surface area contributed by atoms with Crippen molar-refractivity contribution in [3.05, 3.63) is 40.9 Å². The van der Waals surface area contributed by atoms with Crippen molar-refractivity contribution < 1.29 is 19.5 Å². The van der Waals surface area contributed by atoms with E-state index in [-0.39, 0.29) is 16.3 Å². The minimum atomic E-state index is -1.25. The zero-order valence-corrected chi connectivity index (χ0v) is 9.77. The van der Waals surface area contributed by atoms with Gasteiger partial charge in [0.05, 0.1) is 10.7 Å². The molecule has 0 aromatic heterocycles. The van der Waals surface area contributed by atoms with Crippen molar-refractivity contribution in [1.29, 1.82) is 0 Å². The van der Waals surface area contributed by atoms with Crippen LogP contribution in [0.5, 0.6) is 0 Å². The van der Waals surface area contributed by atoms with Crippen LogP contribution in [0.2, 0.25) is 5.02 Å². The van der Waals surface area contributed by atoms with Gasteiger partial charge in [0, 0.05) is 17.7 Å². The van der Waals surface area contributed by atoms with E-state index in [9.17, 15) is 14.4 Å². The number of amides is 2. The van der Waals surface area contributed by atoms with Crippen LogP contribution in [-0.2, 0) is 9.59 Å². The van der Waals surface area contributed by atoms with E-state index in [1.807, 2.05) is 0 Å². The molecule has 7 heteroatoms. The summed E-state index contributed by atoms with van der Waals surface area (Å²) in [6.07, 6.45) is 1.51. The lowest BCUT2D eigenvalue weighted by atomic mass is 10.2. The van der Waals surface area contributed by atoms with Crippen LogP contribution in [0, 0.1) is 0 Å². The smallest absolute Gasteiger partial charge is 0.328 e. The lowest BCUT2D eigenvalue weighted by molar-refractivity contribution is -0.131. The third-order valence-corrected chi connectivity index (χ3v) is 2.22. The molecule has 6 nitrogen and oxygen atoms in total. The van der Waals surface area contributed by atoms with Crippen LogP contribution in [0.25, 0.3) is 0 Å². The maximum Gasteiger partial charge on any atom is 0.328 e. The average Bonchev–Trinajstić information content (AvgIpc) is 2.29. The van der Waals surface area contributed by atoms with E-state index in [0.717, 1.165) is 6.08 Å². The summed E-state index contributed by atoms with van der Waals surface area (Å²) in [5, 5.41) is 10.9. The van der Waals surface area contributed by atoms with E-state index in [0.29, 0.717) is 6.08 Å². The molecular formula is C11H9ClN2O4. The van der Waals surface area contributed by atoms with Crippen LogP contribution < -0.4 is 11.1 Å². The van der Waals surface area contributed by atoms with Crippen LogP contribution >= 0.6 is 11.6 Å². The maximum absolute atomic E-state index is 11.3. The minimum Gasteiger partial charge on any atom is -0.478 e. The Bertz CT molecular complexity index is 540. The second-order valence-corrected chi connectivity index (χ2v) is 3.63. The lowest BCUT2D eigenvalue weighted by Crippen LogP contribution is -2.13. The van der Waals surface area contributed by atoms with Gasteiger partial charge < -0.3 is 16.2 Å². The van der Waals surface area contributed by atoms with E-state index >= 15 is 0 Å². The molecule has 0 unspecified atom stereocenters. The standard InChI is InChI=1S/C11H9ClN2O4/c12-7-2-1-6(11(13)18)5-8(7)14-9(15)3-4-10(16)17/h1-5H,(H2,13,18)(H,14,15)(H,16,17). The largest absolute Gasteiger partial charge is 0.478 e. The third-order valence-electron chi connectivity index (χ3n) is 1.89. The molecule has 0 saturated heterocycles. The summed E-state index contributed by atoms with van der Waals surface area (Å²) in [5.41, 5.74) is 5.43. The van der Waals surface area contributed by atoms with Crippen molar-refractivity contribution in [1.82, 2.24) is 0 Å². The first kappa shape index (κ1) is 13.7. The van der Waals surface area contributed by atoms with Gasteiger partial charge in [-0.2, -0.15) is 0 Å². The Labute approximate surface area is 107 Å². The fourth-order valence-electron chi connectivity index (χ4n) is 1.10. The Balaban J connectivity index is 2.90. The number of carbonyl (C=O) groups is 3. The van der Waals surface area contributed by atoms with E-state index < -0.39 is 17.8 Å². The topological polar surface area (TPSA) is 109 Å². The van der Waals surface area contributed by atoms with Gasteiger partial charge in [-0.25, -0.2) is 4.79 Å². The molecule has 1 aromatic carbocycles. The fraction of sp³-hybridized carbons (Fsp3) is 0. The molecule has 0 heterocycles. The predicted octanol–water partition coefficient (Wildman–Crippen LogP) is 1.02. The Morgan fingerprint density at radius 3 is 2.50 bits per heavy atom. The van der Waals surface area contributed by atoms with Crippen molar-refractivity contribution in [2.24, 2.45) is 5.73 Å². The van der Waals surface area contributed by atoms with Crippen molar-refractivity contribution >= 4 is 35.1 Å². The van der Waals surface area contributed by atoms with Crippen LogP contribution in [-0.4, -0.2) is 22.9 Å². The number of nitrogens with one attached hydrogen (secondary N) is 1. The van der Waals surface area contributed by atoms with Crippen molar-refractivity contribution in [2.45, 2.75) is 0 Å². The average molecular weight is 269 g/mol. The molecule has 0 atom stereocenters. The molecule has 0 aliphatic rings. The highest BCUT2D eigenvalue weighted by Crippen LogP contribution is 2.22. The van der Waals surface area contributed by atoms with Gasteiger partial charge in [0.1, 0.15) is 0 Å². The Hall–Kier alpha value is -2.34. The highest BCUT2D eigenvalue weighted by Gasteiger charge is 2.07. The quantitative estimate of drug-likeness (QED) is 0.708. The van der Waals surface area contributed by atoms with Crippen LogP contribution in [0.4, 0.5) is 5.69 Å². The summed E-state index contributed by atoms with van der Waals surface area (Å²) in [6, 6.07) is 4.11. The first-order valence-electron chi connectivity index (χ1n) is 4.71. The van der Waals surface area contributed by atoms with Crippen molar-refractivity contribution in [3.8, 4) is 0 Å². The molecule has 4 N–H and O–H groups in total. The number of hydrogen-bond donors (Lipinski definition) is 3. The Morgan fingerprint density at radius 2 is 1.94 bits per heavy atom. The number of aliphatic carboxylic acids is 1. The van der Waals surface area contributed by atoms with E-state index in [1.165, 1.54) is 18.2 Å². The van der Waals surface area contributed by atoms with E-state index in [4.69, 9.17) is 22.4 Å². The monoisotopic (exact) mass is 268 g/mol. The molecule has 94 valence electrons. The molecule has 0 spiro atoms. The lowest BCUT2D eigenvalue weighted by Gasteiger charge is -2.06. The van der Waals surface area contributed by atoms with Crippen LogP contribution in [0.15, 0.2) is 30.4 Å². The molecule has 1 rings (SSSR count). The zero-order valence-electron chi connectivity index (χ0n) is 9.01. The normalized spacial score (nSPS) is 10.3. The third kappa shape index (κ3) is 3.91. The zero-order chi connectivity index (χ0) is 13.7. The number of benzene rings is 1. The molecule has 0 fully saturated rings. The number of carboxylic acid groups (broad SMARTS) is 1. The number of carboxylic acids is 1. The summed E-state index contributed by atoms with van der Waals surface area (Å²) >= 11 is 5.80. The predicted molar refractivity (Wildman–Crippen MR) is 65.4 cm³/mol. The van der Waals surface area contributed by atoms with Gasteiger partial charge in [-0.05, 0) is 18.2 Å². The maximum atomic E-state index is 11.3. The first-order valence-corrected chi connectivity index (χ1v) is 5.09. The summed E-state index contributed by atoms with van der Waals surface area (Å²) in [4.78, 5) is 32.5. The Kier molecular flexibility index (Phi) is 4.45. The van der Waals surface area contributed by atoms with Gasteiger partial charge in [-0.1, -0.05) is 11.6 Å². The number of primary amides is 1. The van der Waals surface area contributed by atoms with Crippen molar-refractivity contribution in [3.63, 3.8) is 0 Å². The molecule has 0 saturated carbocycles. The molecule has 1 aromatic rings. The SMILES string of the molecule is NC(=O)c1ccc(Cl)c(NC(=O)C=CC(=O)O)c1. The number of nitrogens with two attached hydrogens (primary N) is 1. The molecule has 0 aliphatic carbocycles. The van der Waals surface area contributed by atoms with Gasteiger partial charge >= 0.3 is 5.97 Å². The highest BCUT2D eigenvalue weighted by molar-refractivity contribution is 6.34. The summed E-state index contributed by atoms with van der Waals surface area (Å²) in [6.45, 7) is 0.